The lowest BCUT2D eigenvalue weighted by molar-refractivity contribution is -0.122. The normalized spacial score (nSPS) is 19.3. The summed E-state index contributed by atoms with van der Waals surface area (Å²) in [5, 5.41) is 11.7. The minimum absolute atomic E-state index is 0.0790. The molecule has 0 aliphatic carbocycles. The zero-order valence-corrected chi connectivity index (χ0v) is 19.4. The van der Waals surface area contributed by atoms with Crippen LogP contribution in [0.1, 0.15) is 31.5 Å². The van der Waals surface area contributed by atoms with Gasteiger partial charge in [-0.05, 0) is 49.2 Å². The van der Waals surface area contributed by atoms with Crippen LogP contribution in [-0.2, 0) is 22.6 Å². The van der Waals surface area contributed by atoms with Crippen molar-refractivity contribution in [3.8, 4) is 22.9 Å². The lowest BCUT2D eigenvalue weighted by atomic mass is 10.1. The number of nitrogens with one attached hydrogen (secondary N) is 1. The van der Waals surface area contributed by atoms with Gasteiger partial charge in [0.2, 0.25) is 11.8 Å². The molecular weight excluding hydrogens is 446 g/mol. The van der Waals surface area contributed by atoms with Gasteiger partial charge in [0.05, 0.1) is 5.92 Å². The number of amides is 2. The first kappa shape index (κ1) is 21.6. The molecule has 1 unspecified atom stereocenters. The van der Waals surface area contributed by atoms with Gasteiger partial charge in [-0.1, -0.05) is 6.42 Å². The van der Waals surface area contributed by atoms with Crippen molar-refractivity contribution in [1.29, 1.82) is 0 Å². The largest absolute Gasteiger partial charge is 0.486 e. The fourth-order valence-electron chi connectivity index (χ4n) is 4.98. The van der Waals surface area contributed by atoms with E-state index >= 15 is 0 Å². The Labute approximate surface area is 203 Å². The van der Waals surface area contributed by atoms with E-state index in [-0.39, 0.29) is 18.2 Å². The minimum Gasteiger partial charge on any atom is -0.486 e. The maximum atomic E-state index is 13.0. The molecule has 3 aromatic rings. The van der Waals surface area contributed by atoms with E-state index in [1.807, 2.05) is 30.3 Å². The van der Waals surface area contributed by atoms with Crippen molar-refractivity contribution in [2.45, 2.75) is 38.6 Å². The molecule has 6 rings (SSSR count). The number of aryl methyl sites for hydroxylation is 1. The molecule has 1 aromatic heterocycles. The number of rotatable bonds is 4. The van der Waals surface area contributed by atoms with Crippen molar-refractivity contribution in [2.24, 2.45) is 5.92 Å². The number of benzene rings is 2. The molecular formula is C26H27N5O4. The molecule has 2 amide bonds. The summed E-state index contributed by atoms with van der Waals surface area (Å²) in [7, 11) is 0. The smallest absolute Gasteiger partial charge is 0.229 e. The van der Waals surface area contributed by atoms with Crippen molar-refractivity contribution < 1.29 is 19.1 Å². The summed E-state index contributed by atoms with van der Waals surface area (Å²) in [5.74, 6) is 2.54. The van der Waals surface area contributed by atoms with Crippen LogP contribution in [0, 0.1) is 5.92 Å². The highest BCUT2D eigenvalue weighted by atomic mass is 16.6. The lowest BCUT2D eigenvalue weighted by Crippen LogP contribution is -2.28. The number of fused-ring (bicyclic) bond motifs is 2. The SMILES string of the molecule is O=C(Nc1ccc(-c2nnc3n2CCCCC3)cc1)C1CC(=O)N(c2ccc3c(c2)OCCO3)C1. The Morgan fingerprint density at radius 1 is 0.971 bits per heavy atom. The van der Waals surface area contributed by atoms with Gasteiger partial charge < -0.3 is 24.3 Å². The van der Waals surface area contributed by atoms with Gasteiger partial charge in [-0.2, -0.15) is 0 Å². The first-order valence-electron chi connectivity index (χ1n) is 12.2. The number of nitrogens with zero attached hydrogens (tertiary/aromatic N) is 4. The van der Waals surface area contributed by atoms with Gasteiger partial charge in [0.25, 0.3) is 0 Å². The fraction of sp³-hybridized carbons (Fsp3) is 0.385. The van der Waals surface area contributed by atoms with Crippen molar-refractivity contribution in [3.05, 3.63) is 48.3 Å². The molecule has 3 aliphatic heterocycles. The highest BCUT2D eigenvalue weighted by Gasteiger charge is 2.35. The number of carbonyl (C=O) groups is 2. The van der Waals surface area contributed by atoms with E-state index in [9.17, 15) is 9.59 Å². The monoisotopic (exact) mass is 473 g/mol. The van der Waals surface area contributed by atoms with Crippen LogP contribution in [0.2, 0.25) is 0 Å². The molecule has 1 fully saturated rings. The van der Waals surface area contributed by atoms with Crippen molar-refractivity contribution in [1.82, 2.24) is 14.8 Å². The zero-order valence-electron chi connectivity index (χ0n) is 19.4. The molecule has 35 heavy (non-hydrogen) atoms. The molecule has 1 N–H and O–H groups in total. The molecule has 180 valence electrons. The number of anilines is 2. The van der Waals surface area contributed by atoms with E-state index < -0.39 is 5.92 Å². The van der Waals surface area contributed by atoms with Crippen molar-refractivity contribution in [3.63, 3.8) is 0 Å². The second-order valence-corrected chi connectivity index (χ2v) is 9.20. The topological polar surface area (TPSA) is 98.6 Å². The first-order valence-corrected chi connectivity index (χ1v) is 12.2. The van der Waals surface area contributed by atoms with Crippen LogP contribution in [0.25, 0.3) is 11.4 Å². The first-order chi connectivity index (χ1) is 17.2. The number of ether oxygens (including phenoxy) is 2. The number of hydrogen-bond donors (Lipinski definition) is 1. The summed E-state index contributed by atoms with van der Waals surface area (Å²) in [5.41, 5.74) is 2.38. The number of aromatic nitrogens is 3. The molecule has 0 saturated carbocycles. The molecule has 2 aromatic carbocycles. The minimum atomic E-state index is -0.428. The Hall–Kier alpha value is -3.88. The van der Waals surface area contributed by atoms with Gasteiger partial charge in [0.15, 0.2) is 17.3 Å². The average molecular weight is 474 g/mol. The summed E-state index contributed by atoms with van der Waals surface area (Å²) < 4.78 is 13.4. The predicted octanol–water partition coefficient (Wildman–Crippen LogP) is 3.43. The maximum Gasteiger partial charge on any atom is 0.229 e. The summed E-state index contributed by atoms with van der Waals surface area (Å²) >= 11 is 0. The zero-order chi connectivity index (χ0) is 23.8. The van der Waals surface area contributed by atoms with Crippen LogP contribution in [-0.4, -0.2) is 46.3 Å². The van der Waals surface area contributed by atoms with E-state index in [0.717, 1.165) is 43.0 Å². The molecule has 1 saturated heterocycles. The summed E-state index contributed by atoms with van der Waals surface area (Å²) in [4.78, 5) is 27.3. The molecule has 0 radical (unpaired) electrons. The third-order valence-electron chi connectivity index (χ3n) is 6.85. The molecule has 3 aliphatic rings. The Kier molecular flexibility index (Phi) is 5.60. The molecule has 0 bridgehead atoms. The Morgan fingerprint density at radius 3 is 2.66 bits per heavy atom. The highest BCUT2D eigenvalue weighted by molar-refractivity contribution is 6.03. The van der Waals surface area contributed by atoms with Gasteiger partial charge in [-0.3, -0.25) is 9.59 Å². The van der Waals surface area contributed by atoms with Gasteiger partial charge in [-0.25, -0.2) is 0 Å². The van der Waals surface area contributed by atoms with Crippen molar-refractivity contribution >= 4 is 23.2 Å². The van der Waals surface area contributed by atoms with Crippen LogP contribution >= 0.6 is 0 Å². The van der Waals surface area contributed by atoms with Crippen LogP contribution in [0.15, 0.2) is 42.5 Å². The van der Waals surface area contributed by atoms with E-state index in [1.54, 1.807) is 17.0 Å². The van der Waals surface area contributed by atoms with Crippen LogP contribution in [0.4, 0.5) is 11.4 Å². The average Bonchev–Trinajstić information content (AvgIpc) is 3.39. The number of carbonyl (C=O) groups excluding carboxylic acids is 2. The van der Waals surface area contributed by atoms with Gasteiger partial charge >= 0.3 is 0 Å². The standard InChI is InChI=1S/C26H27N5O4/c32-24-14-18(16-31(24)20-9-10-21-22(15-20)35-13-12-34-21)26(33)27-19-7-5-17(6-8-19)25-29-28-23-4-2-1-3-11-30(23)25/h5-10,15,18H,1-4,11-14,16H2,(H,27,33). The summed E-state index contributed by atoms with van der Waals surface area (Å²) in [6, 6.07) is 13.1. The summed E-state index contributed by atoms with van der Waals surface area (Å²) in [6.45, 7) is 2.26. The third-order valence-corrected chi connectivity index (χ3v) is 6.85. The van der Waals surface area contributed by atoms with Crippen LogP contribution < -0.4 is 19.7 Å². The Bertz CT molecular complexity index is 1270. The van der Waals surface area contributed by atoms with E-state index in [1.165, 1.54) is 6.42 Å². The Morgan fingerprint density at radius 2 is 1.80 bits per heavy atom. The quantitative estimate of drug-likeness (QED) is 0.623. The Balaban J connectivity index is 1.12. The van der Waals surface area contributed by atoms with Gasteiger partial charge in [-0.15, -0.1) is 10.2 Å². The van der Waals surface area contributed by atoms with Crippen LogP contribution in [0.5, 0.6) is 11.5 Å². The highest BCUT2D eigenvalue weighted by Crippen LogP contribution is 2.36. The third kappa shape index (κ3) is 4.22. The molecule has 1 atom stereocenters. The van der Waals surface area contributed by atoms with Crippen molar-refractivity contribution in [2.75, 3.05) is 30.0 Å². The van der Waals surface area contributed by atoms with Crippen LogP contribution in [0.3, 0.4) is 0 Å². The van der Waals surface area contributed by atoms with E-state index in [2.05, 4.69) is 20.1 Å². The summed E-state index contributed by atoms with van der Waals surface area (Å²) in [6.07, 6.45) is 4.63. The maximum absolute atomic E-state index is 13.0. The number of hydrogen-bond acceptors (Lipinski definition) is 6. The van der Waals surface area contributed by atoms with E-state index in [0.29, 0.717) is 42.6 Å². The molecule has 9 nitrogen and oxygen atoms in total. The predicted molar refractivity (Wildman–Crippen MR) is 130 cm³/mol. The fourth-order valence-corrected chi connectivity index (χ4v) is 4.98. The second-order valence-electron chi connectivity index (χ2n) is 9.20. The lowest BCUT2D eigenvalue weighted by Gasteiger charge is -2.22. The van der Waals surface area contributed by atoms with E-state index in [4.69, 9.17) is 9.47 Å². The molecule has 4 heterocycles. The second kappa shape index (κ2) is 9.05. The van der Waals surface area contributed by atoms with Gasteiger partial charge in [0.1, 0.15) is 19.0 Å². The molecule has 9 heteroatoms. The van der Waals surface area contributed by atoms with Gasteiger partial charge in [0, 0.05) is 48.9 Å². The molecule has 0 spiro atoms.